The standard InChI is InChI=1S/C20H29N3O4.ClH/c1-26-18-6-3-2-5-17(18)23-14-15(13-19(23)24)20(25)22-10-7-16(8-11-22)27-12-4-9-21;/h2-3,5-6,15-16H,4,7-14,21H2,1H3;1H. The van der Waals surface area contributed by atoms with Crippen LogP contribution in [0.3, 0.4) is 0 Å². The monoisotopic (exact) mass is 411 g/mol. The van der Waals surface area contributed by atoms with Gasteiger partial charge in [0.1, 0.15) is 5.75 Å². The van der Waals surface area contributed by atoms with Crippen molar-refractivity contribution in [2.45, 2.75) is 31.8 Å². The van der Waals surface area contributed by atoms with Crippen molar-refractivity contribution in [2.75, 3.05) is 44.8 Å². The summed E-state index contributed by atoms with van der Waals surface area (Å²) in [5.41, 5.74) is 6.22. The number of ether oxygens (including phenoxy) is 2. The molecule has 2 aliphatic heterocycles. The van der Waals surface area contributed by atoms with Crippen molar-refractivity contribution >= 4 is 29.9 Å². The molecule has 7 nitrogen and oxygen atoms in total. The summed E-state index contributed by atoms with van der Waals surface area (Å²) in [6.07, 6.45) is 3.00. The van der Waals surface area contributed by atoms with Crippen LogP contribution in [0.1, 0.15) is 25.7 Å². The van der Waals surface area contributed by atoms with Crippen LogP contribution in [0.2, 0.25) is 0 Å². The van der Waals surface area contributed by atoms with E-state index in [1.807, 2.05) is 29.2 Å². The number of amides is 2. The molecule has 0 aliphatic carbocycles. The minimum absolute atomic E-state index is 0. The van der Waals surface area contributed by atoms with Crippen molar-refractivity contribution in [2.24, 2.45) is 11.7 Å². The number of carbonyl (C=O) groups is 2. The van der Waals surface area contributed by atoms with Crippen molar-refractivity contribution < 1.29 is 19.1 Å². The molecule has 1 unspecified atom stereocenters. The smallest absolute Gasteiger partial charge is 0.228 e. The SMILES string of the molecule is COc1ccccc1N1CC(C(=O)N2CCC(OCCCN)CC2)CC1=O.Cl. The number of piperidine rings is 1. The molecular weight excluding hydrogens is 382 g/mol. The molecule has 0 radical (unpaired) electrons. The highest BCUT2D eigenvalue weighted by atomic mass is 35.5. The Hall–Kier alpha value is -1.83. The number of anilines is 1. The molecule has 0 aromatic heterocycles. The Balaban J connectivity index is 0.00000280. The summed E-state index contributed by atoms with van der Waals surface area (Å²) in [5, 5.41) is 0. The lowest BCUT2D eigenvalue weighted by molar-refractivity contribution is -0.138. The molecule has 2 aliphatic rings. The largest absolute Gasteiger partial charge is 0.495 e. The summed E-state index contributed by atoms with van der Waals surface area (Å²) in [5.74, 6) is 0.394. The molecule has 156 valence electrons. The summed E-state index contributed by atoms with van der Waals surface area (Å²) < 4.78 is 11.2. The summed E-state index contributed by atoms with van der Waals surface area (Å²) >= 11 is 0. The van der Waals surface area contributed by atoms with Gasteiger partial charge in [0.15, 0.2) is 0 Å². The van der Waals surface area contributed by atoms with Crippen LogP contribution < -0.4 is 15.4 Å². The van der Waals surface area contributed by atoms with Crippen LogP contribution in [0.5, 0.6) is 5.75 Å². The van der Waals surface area contributed by atoms with Gasteiger partial charge in [-0.05, 0) is 37.9 Å². The quantitative estimate of drug-likeness (QED) is 0.692. The van der Waals surface area contributed by atoms with Crippen LogP contribution in [0.4, 0.5) is 5.69 Å². The number of likely N-dealkylation sites (tertiary alicyclic amines) is 1. The molecule has 3 rings (SSSR count). The first-order valence-corrected chi connectivity index (χ1v) is 9.68. The van der Waals surface area contributed by atoms with Crippen molar-refractivity contribution in [3.63, 3.8) is 0 Å². The van der Waals surface area contributed by atoms with E-state index in [1.54, 1.807) is 12.0 Å². The zero-order valence-corrected chi connectivity index (χ0v) is 17.2. The van der Waals surface area contributed by atoms with Crippen LogP contribution >= 0.6 is 12.4 Å². The van der Waals surface area contributed by atoms with E-state index in [4.69, 9.17) is 15.2 Å². The van der Waals surface area contributed by atoms with E-state index in [9.17, 15) is 9.59 Å². The molecule has 1 atom stereocenters. The van der Waals surface area contributed by atoms with E-state index in [-0.39, 0.29) is 42.7 Å². The summed E-state index contributed by atoms with van der Waals surface area (Å²) in [7, 11) is 1.59. The van der Waals surface area contributed by atoms with E-state index in [0.29, 0.717) is 38.5 Å². The minimum Gasteiger partial charge on any atom is -0.495 e. The first-order valence-electron chi connectivity index (χ1n) is 9.68. The normalized spacial score (nSPS) is 20.2. The Labute approximate surface area is 172 Å². The van der Waals surface area contributed by atoms with Crippen LogP contribution in [0.15, 0.2) is 24.3 Å². The fourth-order valence-corrected chi connectivity index (χ4v) is 3.79. The molecule has 2 saturated heterocycles. The minimum atomic E-state index is -0.294. The van der Waals surface area contributed by atoms with Gasteiger partial charge in [0.2, 0.25) is 11.8 Å². The van der Waals surface area contributed by atoms with Gasteiger partial charge >= 0.3 is 0 Å². The third-order valence-electron chi connectivity index (χ3n) is 5.31. The Bertz CT molecular complexity index is 665. The molecule has 0 spiro atoms. The number of hydrogen-bond acceptors (Lipinski definition) is 5. The summed E-state index contributed by atoms with van der Waals surface area (Å²) in [6, 6.07) is 7.42. The molecule has 2 fully saturated rings. The molecule has 2 N–H and O–H groups in total. The van der Waals surface area contributed by atoms with E-state index < -0.39 is 0 Å². The fourth-order valence-electron chi connectivity index (χ4n) is 3.79. The number of carbonyl (C=O) groups excluding carboxylic acids is 2. The summed E-state index contributed by atoms with van der Waals surface area (Å²) in [4.78, 5) is 29.0. The Morgan fingerprint density at radius 1 is 1.25 bits per heavy atom. The van der Waals surface area contributed by atoms with Gasteiger partial charge in [0.25, 0.3) is 0 Å². The maximum absolute atomic E-state index is 12.9. The van der Waals surface area contributed by atoms with Gasteiger partial charge in [0.05, 0.1) is 24.8 Å². The van der Waals surface area contributed by atoms with Gasteiger partial charge in [-0.15, -0.1) is 12.4 Å². The number of halogens is 1. The van der Waals surface area contributed by atoms with Crippen molar-refractivity contribution in [1.29, 1.82) is 0 Å². The Morgan fingerprint density at radius 2 is 1.96 bits per heavy atom. The predicted molar refractivity (Wildman–Crippen MR) is 110 cm³/mol. The number of nitrogens with zero attached hydrogens (tertiary/aromatic N) is 2. The van der Waals surface area contributed by atoms with Gasteiger partial charge in [-0.2, -0.15) is 0 Å². The average molecular weight is 412 g/mol. The Morgan fingerprint density at radius 3 is 2.64 bits per heavy atom. The lowest BCUT2D eigenvalue weighted by Crippen LogP contribution is -2.44. The van der Waals surface area contributed by atoms with E-state index >= 15 is 0 Å². The van der Waals surface area contributed by atoms with E-state index in [2.05, 4.69) is 0 Å². The van der Waals surface area contributed by atoms with Gasteiger partial charge < -0.3 is 25.0 Å². The molecule has 0 bridgehead atoms. The zero-order valence-electron chi connectivity index (χ0n) is 16.3. The van der Waals surface area contributed by atoms with E-state index in [0.717, 1.165) is 24.9 Å². The third-order valence-corrected chi connectivity index (χ3v) is 5.31. The van der Waals surface area contributed by atoms with Crippen LogP contribution in [-0.2, 0) is 14.3 Å². The van der Waals surface area contributed by atoms with Gasteiger partial charge in [-0.1, -0.05) is 12.1 Å². The molecule has 8 heteroatoms. The first kappa shape index (κ1) is 22.5. The number of methoxy groups -OCH3 is 1. The highest BCUT2D eigenvalue weighted by Gasteiger charge is 2.38. The molecule has 1 aromatic carbocycles. The molecule has 2 heterocycles. The first-order chi connectivity index (χ1) is 13.1. The van der Waals surface area contributed by atoms with Crippen LogP contribution in [-0.4, -0.2) is 62.7 Å². The van der Waals surface area contributed by atoms with Gasteiger partial charge in [0, 0.05) is 32.7 Å². The number of benzene rings is 1. The van der Waals surface area contributed by atoms with Crippen molar-refractivity contribution in [3.8, 4) is 5.75 Å². The highest BCUT2D eigenvalue weighted by molar-refractivity contribution is 6.01. The maximum Gasteiger partial charge on any atom is 0.228 e. The molecule has 2 amide bonds. The predicted octanol–water partition coefficient (Wildman–Crippen LogP) is 1.83. The highest BCUT2D eigenvalue weighted by Crippen LogP contribution is 2.33. The number of nitrogens with two attached hydrogens (primary N) is 1. The second-order valence-corrected chi connectivity index (χ2v) is 7.11. The molecule has 0 saturated carbocycles. The fraction of sp³-hybridized carbons (Fsp3) is 0.600. The summed E-state index contributed by atoms with van der Waals surface area (Å²) in [6.45, 7) is 3.10. The number of hydrogen-bond donors (Lipinski definition) is 1. The van der Waals surface area contributed by atoms with Crippen LogP contribution in [0, 0.1) is 5.92 Å². The molecule has 28 heavy (non-hydrogen) atoms. The second-order valence-electron chi connectivity index (χ2n) is 7.11. The number of para-hydroxylation sites is 2. The average Bonchev–Trinajstić information content (AvgIpc) is 3.09. The number of rotatable bonds is 7. The van der Waals surface area contributed by atoms with Crippen molar-refractivity contribution in [3.05, 3.63) is 24.3 Å². The lowest BCUT2D eigenvalue weighted by Gasteiger charge is -2.33. The second kappa shape index (κ2) is 10.6. The maximum atomic E-state index is 12.9. The van der Waals surface area contributed by atoms with Crippen LogP contribution in [0.25, 0.3) is 0 Å². The topological polar surface area (TPSA) is 85.1 Å². The van der Waals surface area contributed by atoms with E-state index in [1.165, 1.54) is 0 Å². The lowest BCUT2D eigenvalue weighted by atomic mass is 10.0. The van der Waals surface area contributed by atoms with Gasteiger partial charge in [-0.25, -0.2) is 0 Å². The molecule has 1 aromatic rings. The Kier molecular flexibility index (Phi) is 8.54. The van der Waals surface area contributed by atoms with Crippen molar-refractivity contribution in [1.82, 2.24) is 4.90 Å². The molecular formula is C20H30ClN3O4. The third kappa shape index (κ3) is 5.16. The van der Waals surface area contributed by atoms with Gasteiger partial charge in [-0.3, -0.25) is 9.59 Å². The zero-order chi connectivity index (χ0) is 19.2.